The monoisotopic (exact) mass is 444 g/mol. The van der Waals surface area contributed by atoms with Crippen LogP contribution in [-0.2, 0) is 21.8 Å². The molecule has 4 nitrogen and oxygen atoms in total. The molecule has 3 rings (SSSR count). The number of carbonyl (C=O) groups excluding carboxylic acids is 1. The molecule has 1 aliphatic rings. The lowest BCUT2D eigenvalue weighted by molar-refractivity contribution is -0.269. The van der Waals surface area contributed by atoms with Crippen LogP contribution in [0.25, 0.3) is 5.70 Å². The molecular weight excluding hydrogens is 428 g/mol. The maximum Gasteiger partial charge on any atom is 0.428 e. The minimum Gasteiger partial charge on any atom is -0.352 e. The molecule has 1 amide bonds. The lowest BCUT2D eigenvalue weighted by Gasteiger charge is -2.28. The standard InChI is InChI=1S/C20H17Cl2F3N2O2/c1-2-18(28)26-11-12-4-3-5-13(6-12)17-10-19(29-27-17,20(23,24)25)14-7-15(21)9-16(22)8-14/h3-10,27H,2,11H2,1H3,(H,26,28). The molecule has 0 aromatic heterocycles. The Balaban J connectivity index is 1.98. The molecule has 2 N–H and O–H groups in total. The third-order valence-corrected chi connectivity index (χ3v) is 4.87. The van der Waals surface area contributed by atoms with Gasteiger partial charge < -0.3 is 5.32 Å². The summed E-state index contributed by atoms with van der Waals surface area (Å²) in [7, 11) is 0. The summed E-state index contributed by atoms with van der Waals surface area (Å²) < 4.78 is 42.1. The molecule has 0 aliphatic carbocycles. The van der Waals surface area contributed by atoms with E-state index in [4.69, 9.17) is 28.0 Å². The van der Waals surface area contributed by atoms with Crippen molar-refractivity contribution < 1.29 is 22.8 Å². The average molecular weight is 445 g/mol. The third-order valence-electron chi connectivity index (χ3n) is 4.43. The normalized spacial score (nSPS) is 18.9. The molecular formula is C20H17Cl2F3N2O2. The molecule has 0 saturated carbocycles. The molecule has 0 saturated heterocycles. The van der Waals surface area contributed by atoms with Crippen molar-refractivity contribution in [3.05, 3.63) is 75.3 Å². The zero-order valence-electron chi connectivity index (χ0n) is 15.2. The van der Waals surface area contributed by atoms with E-state index in [1.54, 1.807) is 31.2 Å². The molecule has 1 heterocycles. The van der Waals surface area contributed by atoms with E-state index in [-0.39, 0.29) is 33.8 Å². The van der Waals surface area contributed by atoms with Crippen LogP contribution in [0.5, 0.6) is 0 Å². The van der Waals surface area contributed by atoms with E-state index in [1.165, 1.54) is 18.2 Å². The summed E-state index contributed by atoms with van der Waals surface area (Å²) in [5.74, 6) is -0.120. The van der Waals surface area contributed by atoms with Crippen molar-refractivity contribution in [1.82, 2.24) is 10.8 Å². The van der Waals surface area contributed by atoms with Crippen molar-refractivity contribution in [3.8, 4) is 0 Å². The smallest absolute Gasteiger partial charge is 0.352 e. The van der Waals surface area contributed by atoms with Crippen LogP contribution in [0.4, 0.5) is 13.2 Å². The first-order valence-electron chi connectivity index (χ1n) is 8.71. The summed E-state index contributed by atoms with van der Waals surface area (Å²) in [5, 5.41) is 2.86. The summed E-state index contributed by atoms with van der Waals surface area (Å²) in [6.07, 6.45) is -3.47. The fraction of sp³-hybridized carbons (Fsp3) is 0.250. The van der Waals surface area contributed by atoms with Crippen molar-refractivity contribution in [2.75, 3.05) is 0 Å². The van der Waals surface area contributed by atoms with Gasteiger partial charge in [-0.2, -0.15) is 13.2 Å². The van der Waals surface area contributed by atoms with Gasteiger partial charge in [-0.25, -0.2) is 0 Å². The Hall–Kier alpha value is -2.22. The lowest BCUT2D eigenvalue weighted by atomic mass is 9.91. The fourth-order valence-corrected chi connectivity index (χ4v) is 3.45. The van der Waals surface area contributed by atoms with E-state index in [9.17, 15) is 18.0 Å². The average Bonchev–Trinajstić information content (AvgIpc) is 3.12. The Bertz CT molecular complexity index is 943. The highest BCUT2D eigenvalue weighted by Gasteiger charge is 2.59. The highest BCUT2D eigenvalue weighted by molar-refractivity contribution is 6.34. The van der Waals surface area contributed by atoms with E-state index in [0.717, 1.165) is 11.6 Å². The van der Waals surface area contributed by atoms with Crippen molar-refractivity contribution in [3.63, 3.8) is 0 Å². The van der Waals surface area contributed by atoms with E-state index in [1.807, 2.05) is 0 Å². The van der Waals surface area contributed by atoms with Crippen LogP contribution in [0.15, 0.2) is 48.5 Å². The number of nitrogens with one attached hydrogen (secondary N) is 2. The Kier molecular flexibility index (Phi) is 6.12. The maximum absolute atomic E-state index is 14.0. The van der Waals surface area contributed by atoms with Gasteiger partial charge in [0.05, 0.1) is 5.70 Å². The fourth-order valence-electron chi connectivity index (χ4n) is 2.93. The quantitative estimate of drug-likeness (QED) is 0.652. The van der Waals surface area contributed by atoms with Gasteiger partial charge in [0.2, 0.25) is 11.5 Å². The van der Waals surface area contributed by atoms with Gasteiger partial charge in [-0.3, -0.25) is 15.1 Å². The van der Waals surface area contributed by atoms with Gasteiger partial charge in [-0.15, -0.1) is 0 Å². The first-order valence-corrected chi connectivity index (χ1v) is 9.46. The van der Waals surface area contributed by atoms with Gasteiger partial charge >= 0.3 is 6.18 Å². The first-order chi connectivity index (χ1) is 13.6. The number of carbonyl (C=O) groups is 1. The molecule has 1 aliphatic heterocycles. The molecule has 0 spiro atoms. The highest BCUT2D eigenvalue weighted by Crippen LogP contribution is 2.48. The maximum atomic E-state index is 14.0. The second-order valence-electron chi connectivity index (χ2n) is 6.48. The minimum atomic E-state index is -4.78. The molecule has 0 bridgehead atoms. The lowest BCUT2D eigenvalue weighted by Crippen LogP contribution is -2.42. The van der Waals surface area contributed by atoms with Crippen LogP contribution in [-0.4, -0.2) is 12.1 Å². The molecule has 2 aromatic rings. The molecule has 9 heteroatoms. The number of amides is 1. The Labute approximate surface area is 175 Å². The van der Waals surface area contributed by atoms with Crippen LogP contribution in [0, 0.1) is 0 Å². The topological polar surface area (TPSA) is 50.4 Å². The van der Waals surface area contributed by atoms with E-state index < -0.39 is 11.8 Å². The number of benzene rings is 2. The second kappa shape index (κ2) is 8.26. The van der Waals surface area contributed by atoms with Gasteiger partial charge in [0.25, 0.3) is 0 Å². The van der Waals surface area contributed by atoms with Gasteiger partial charge in [0.15, 0.2) is 0 Å². The number of alkyl halides is 3. The second-order valence-corrected chi connectivity index (χ2v) is 7.36. The molecule has 0 fully saturated rings. The highest BCUT2D eigenvalue weighted by atomic mass is 35.5. The predicted octanol–water partition coefficient (Wildman–Crippen LogP) is 5.35. The number of hydrogen-bond acceptors (Lipinski definition) is 3. The number of halogens is 5. The zero-order chi connectivity index (χ0) is 21.2. The van der Waals surface area contributed by atoms with Crippen LogP contribution >= 0.6 is 23.2 Å². The molecule has 1 atom stereocenters. The molecule has 29 heavy (non-hydrogen) atoms. The Morgan fingerprint density at radius 2 is 1.86 bits per heavy atom. The van der Waals surface area contributed by atoms with Crippen molar-refractivity contribution >= 4 is 34.8 Å². The van der Waals surface area contributed by atoms with Crippen LogP contribution in [0.3, 0.4) is 0 Å². The zero-order valence-corrected chi connectivity index (χ0v) is 16.8. The summed E-state index contributed by atoms with van der Waals surface area (Å²) in [4.78, 5) is 16.5. The van der Waals surface area contributed by atoms with Crippen molar-refractivity contribution in [1.29, 1.82) is 0 Å². The molecule has 154 valence electrons. The van der Waals surface area contributed by atoms with E-state index >= 15 is 0 Å². The van der Waals surface area contributed by atoms with Crippen molar-refractivity contribution in [2.24, 2.45) is 0 Å². The van der Waals surface area contributed by atoms with Gasteiger partial charge in [0.1, 0.15) is 0 Å². The molecule has 0 radical (unpaired) electrons. The third kappa shape index (κ3) is 4.52. The Morgan fingerprint density at radius 1 is 1.17 bits per heavy atom. The van der Waals surface area contributed by atoms with E-state index in [0.29, 0.717) is 12.0 Å². The first kappa shape index (κ1) is 21.5. The summed E-state index contributed by atoms with van der Waals surface area (Å²) in [5.41, 5.74) is 0.751. The summed E-state index contributed by atoms with van der Waals surface area (Å²) in [6, 6.07) is 10.5. The number of rotatable bonds is 5. The van der Waals surface area contributed by atoms with Crippen molar-refractivity contribution in [2.45, 2.75) is 31.7 Å². The summed E-state index contributed by atoms with van der Waals surface area (Å²) >= 11 is 11.8. The van der Waals surface area contributed by atoms with Crippen LogP contribution in [0.1, 0.15) is 30.0 Å². The van der Waals surface area contributed by atoms with E-state index in [2.05, 4.69) is 10.8 Å². The van der Waals surface area contributed by atoms with Gasteiger partial charge in [0, 0.05) is 34.1 Å². The largest absolute Gasteiger partial charge is 0.428 e. The van der Waals surface area contributed by atoms with Gasteiger partial charge in [-0.05, 0) is 35.9 Å². The summed E-state index contributed by atoms with van der Waals surface area (Å²) in [6.45, 7) is 2.00. The number of hydrogen-bond donors (Lipinski definition) is 2. The predicted molar refractivity (Wildman–Crippen MR) is 105 cm³/mol. The van der Waals surface area contributed by atoms with Gasteiger partial charge in [-0.1, -0.05) is 48.3 Å². The molecule has 1 unspecified atom stereocenters. The van der Waals surface area contributed by atoms with Crippen LogP contribution < -0.4 is 10.8 Å². The molecule has 2 aromatic carbocycles. The SMILES string of the molecule is CCC(=O)NCc1cccc(C2=CC(c3cc(Cl)cc(Cl)c3)(C(F)(F)F)ON2)c1. The van der Waals surface area contributed by atoms with Crippen LogP contribution in [0.2, 0.25) is 10.0 Å². The Morgan fingerprint density at radius 3 is 2.48 bits per heavy atom. The number of hydroxylamine groups is 1. The minimum absolute atomic E-state index is 0.0650.